The fourth-order valence-corrected chi connectivity index (χ4v) is 4.49. The maximum atomic E-state index is 13.2. The van der Waals surface area contributed by atoms with Crippen LogP contribution in [0.25, 0.3) is 0 Å². The van der Waals surface area contributed by atoms with Gasteiger partial charge in [0, 0.05) is 26.1 Å². The molecule has 10 nitrogen and oxygen atoms in total. The molecule has 33 heavy (non-hydrogen) atoms. The zero-order valence-corrected chi connectivity index (χ0v) is 19.5. The van der Waals surface area contributed by atoms with Crippen LogP contribution in [0.2, 0.25) is 0 Å². The molecule has 1 aromatic heterocycles. The number of amides is 3. The first-order chi connectivity index (χ1) is 15.7. The minimum Gasteiger partial charge on any atom is -0.383 e. The van der Waals surface area contributed by atoms with E-state index in [-0.39, 0.29) is 67.1 Å². The molecule has 3 amide bonds. The van der Waals surface area contributed by atoms with Crippen molar-refractivity contribution in [2.45, 2.75) is 59.4 Å². The molecule has 1 aliphatic carbocycles. The monoisotopic (exact) mass is 459 g/mol. The van der Waals surface area contributed by atoms with Gasteiger partial charge in [-0.15, -0.1) is 0 Å². The van der Waals surface area contributed by atoms with Crippen LogP contribution in [0.3, 0.4) is 0 Å². The predicted octanol–water partition coefficient (Wildman–Crippen LogP) is 1.25. The Balaban J connectivity index is 1.84. The molecule has 0 bridgehead atoms. The Kier molecular flexibility index (Phi) is 7.55. The van der Waals surface area contributed by atoms with Crippen LogP contribution in [0.5, 0.6) is 0 Å². The third kappa shape index (κ3) is 4.94. The number of carbonyl (C=O) groups is 3. The summed E-state index contributed by atoms with van der Waals surface area (Å²) in [5, 5.41) is 0. The van der Waals surface area contributed by atoms with Gasteiger partial charge in [0.25, 0.3) is 5.56 Å². The summed E-state index contributed by atoms with van der Waals surface area (Å²) in [6, 6.07) is 0. The number of unbranched alkanes of at least 4 members (excludes halogenated alkanes) is 1. The van der Waals surface area contributed by atoms with Crippen molar-refractivity contribution in [3.8, 4) is 0 Å². The molecule has 3 rings (SSSR count). The average Bonchev–Trinajstić information content (AvgIpc) is 3.01. The Morgan fingerprint density at radius 1 is 1.15 bits per heavy atom. The summed E-state index contributed by atoms with van der Waals surface area (Å²) < 4.78 is 1.26. The van der Waals surface area contributed by atoms with Crippen LogP contribution < -0.4 is 21.9 Å². The Labute approximate surface area is 192 Å². The van der Waals surface area contributed by atoms with Gasteiger partial charge < -0.3 is 10.6 Å². The quantitative estimate of drug-likeness (QED) is 0.421. The van der Waals surface area contributed by atoms with E-state index in [9.17, 15) is 24.0 Å². The number of anilines is 2. The minimum absolute atomic E-state index is 0.0461. The lowest BCUT2D eigenvalue weighted by atomic mass is 9.85. The second-order valence-corrected chi connectivity index (χ2v) is 9.13. The van der Waals surface area contributed by atoms with Gasteiger partial charge in [-0.05, 0) is 25.2 Å². The minimum atomic E-state index is -0.729. The highest BCUT2D eigenvalue weighted by molar-refractivity contribution is 6.06. The van der Waals surface area contributed by atoms with Gasteiger partial charge in [0.1, 0.15) is 5.82 Å². The molecule has 2 aliphatic rings. The summed E-state index contributed by atoms with van der Waals surface area (Å²) in [5.41, 5.74) is 4.79. The fourth-order valence-electron chi connectivity index (χ4n) is 4.49. The number of carbonyl (C=O) groups excluding carboxylic acids is 3. The smallest absolute Gasteiger partial charge is 0.330 e. The maximum absolute atomic E-state index is 13.2. The number of fused-ring (bicyclic) bond motifs is 1. The van der Waals surface area contributed by atoms with E-state index in [1.165, 1.54) is 14.4 Å². The summed E-state index contributed by atoms with van der Waals surface area (Å²) in [6.45, 7) is 6.25. The lowest BCUT2D eigenvalue weighted by Gasteiger charge is -2.25. The molecule has 2 atom stereocenters. The van der Waals surface area contributed by atoms with Gasteiger partial charge in [-0.25, -0.2) is 4.79 Å². The predicted molar refractivity (Wildman–Crippen MR) is 125 cm³/mol. The topological polar surface area (TPSA) is 139 Å². The van der Waals surface area contributed by atoms with Crippen molar-refractivity contribution < 1.29 is 14.4 Å². The molecular formula is C23H33N5O5. The number of aromatic nitrogens is 2. The van der Waals surface area contributed by atoms with Gasteiger partial charge in [-0.3, -0.25) is 33.6 Å². The summed E-state index contributed by atoms with van der Waals surface area (Å²) in [6.07, 6.45) is 6.15. The molecule has 0 unspecified atom stereocenters. The van der Waals surface area contributed by atoms with Crippen LogP contribution in [-0.4, -0.2) is 45.3 Å². The summed E-state index contributed by atoms with van der Waals surface area (Å²) >= 11 is 0. The number of nitrogens with one attached hydrogen (secondary N) is 1. The average molecular weight is 460 g/mol. The van der Waals surface area contributed by atoms with E-state index in [4.69, 9.17) is 5.73 Å². The standard InChI is InChI=1S/C23H33N5O5/c1-4-5-11-26(18-19(24)28(13-14(2)3)23(33)25-20(18)30)17(29)10-12-27-21(31)15-8-6-7-9-16(15)22(27)32/h6-7,14-16H,4-5,8-13,24H2,1-3H3,(H,25,30,33)/t15-,16-/m0/s1. The van der Waals surface area contributed by atoms with Gasteiger partial charge in [0.05, 0.1) is 11.8 Å². The van der Waals surface area contributed by atoms with Crippen molar-refractivity contribution in [3.63, 3.8) is 0 Å². The lowest BCUT2D eigenvalue weighted by molar-refractivity contribution is -0.140. The first kappa shape index (κ1) is 24.5. The van der Waals surface area contributed by atoms with E-state index in [0.29, 0.717) is 19.3 Å². The number of nitrogens with two attached hydrogens (primary N) is 1. The van der Waals surface area contributed by atoms with E-state index in [1.807, 2.05) is 32.9 Å². The van der Waals surface area contributed by atoms with E-state index >= 15 is 0 Å². The van der Waals surface area contributed by atoms with Crippen molar-refractivity contribution in [1.82, 2.24) is 14.5 Å². The zero-order valence-electron chi connectivity index (χ0n) is 19.5. The van der Waals surface area contributed by atoms with Crippen LogP contribution in [0.15, 0.2) is 21.7 Å². The van der Waals surface area contributed by atoms with Crippen LogP contribution in [0.1, 0.15) is 52.9 Å². The van der Waals surface area contributed by atoms with Crippen molar-refractivity contribution in [3.05, 3.63) is 33.0 Å². The highest BCUT2D eigenvalue weighted by Gasteiger charge is 2.47. The molecule has 180 valence electrons. The normalized spacial score (nSPS) is 19.9. The first-order valence-electron chi connectivity index (χ1n) is 11.6. The molecule has 0 spiro atoms. The van der Waals surface area contributed by atoms with E-state index in [0.717, 1.165) is 6.42 Å². The van der Waals surface area contributed by atoms with Crippen LogP contribution in [-0.2, 0) is 20.9 Å². The SMILES string of the molecule is CCCCN(C(=O)CCN1C(=O)[C@H]2CC=CC[C@@H]2C1=O)c1c(N)n(CC(C)C)c(=O)[nH]c1=O. The van der Waals surface area contributed by atoms with Gasteiger partial charge in [0.15, 0.2) is 5.69 Å². The molecular weight excluding hydrogens is 426 g/mol. The molecule has 3 N–H and O–H groups in total. The lowest BCUT2D eigenvalue weighted by Crippen LogP contribution is -2.43. The largest absolute Gasteiger partial charge is 0.383 e. The molecule has 10 heteroatoms. The molecule has 1 fully saturated rings. The van der Waals surface area contributed by atoms with Gasteiger partial charge in [0.2, 0.25) is 17.7 Å². The number of rotatable bonds is 9. The van der Waals surface area contributed by atoms with Gasteiger partial charge in [-0.1, -0.05) is 39.3 Å². The van der Waals surface area contributed by atoms with Crippen molar-refractivity contribution in [1.29, 1.82) is 0 Å². The second kappa shape index (κ2) is 10.2. The number of H-pyrrole nitrogens is 1. The van der Waals surface area contributed by atoms with Gasteiger partial charge in [-0.2, -0.15) is 0 Å². The molecule has 0 radical (unpaired) electrons. The number of imide groups is 1. The summed E-state index contributed by atoms with van der Waals surface area (Å²) in [7, 11) is 0. The van der Waals surface area contributed by atoms with Gasteiger partial charge >= 0.3 is 5.69 Å². The van der Waals surface area contributed by atoms with Crippen LogP contribution in [0, 0.1) is 17.8 Å². The molecule has 2 heterocycles. The summed E-state index contributed by atoms with van der Waals surface area (Å²) in [4.78, 5) is 68.3. The maximum Gasteiger partial charge on any atom is 0.330 e. The van der Waals surface area contributed by atoms with E-state index < -0.39 is 17.2 Å². The highest BCUT2D eigenvalue weighted by Crippen LogP contribution is 2.35. The van der Waals surface area contributed by atoms with Crippen molar-refractivity contribution >= 4 is 29.2 Å². The van der Waals surface area contributed by atoms with Crippen molar-refractivity contribution in [2.24, 2.45) is 17.8 Å². The number of hydrogen-bond acceptors (Lipinski definition) is 6. The number of aromatic amines is 1. The molecule has 1 aliphatic heterocycles. The van der Waals surface area contributed by atoms with Crippen LogP contribution in [0.4, 0.5) is 11.5 Å². The second-order valence-electron chi connectivity index (χ2n) is 9.13. The van der Waals surface area contributed by atoms with Crippen molar-refractivity contribution in [2.75, 3.05) is 23.7 Å². The number of hydrogen-bond donors (Lipinski definition) is 2. The molecule has 0 aromatic carbocycles. The molecule has 0 saturated carbocycles. The Bertz CT molecular complexity index is 1040. The third-order valence-corrected chi connectivity index (χ3v) is 6.22. The Morgan fingerprint density at radius 3 is 2.30 bits per heavy atom. The Hall–Kier alpha value is -3.17. The number of allylic oxidation sites excluding steroid dienone is 2. The molecule has 1 saturated heterocycles. The van der Waals surface area contributed by atoms with E-state index in [2.05, 4.69) is 4.98 Å². The number of nitrogen functional groups attached to an aromatic ring is 1. The van der Waals surface area contributed by atoms with E-state index in [1.54, 1.807) is 0 Å². The molecule has 1 aromatic rings. The first-order valence-corrected chi connectivity index (χ1v) is 11.6. The summed E-state index contributed by atoms with van der Waals surface area (Å²) in [5.74, 6) is -1.60. The number of nitrogens with zero attached hydrogens (tertiary/aromatic N) is 3. The fraction of sp³-hybridized carbons (Fsp3) is 0.609. The zero-order chi connectivity index (χ0) is 24.3. The number of likely N-dealkylation sites (tertiary alicyclic amines) is 1. The third-order valence-electron chi connectivity index (χ3n) is 6.22. The van der Waals surface area contributed by atoms with Crippen LogP contribution >= 0.6 is 0 Å². The highest BCUT2D eigenvalue weighted by atomic mass is 16.2. The Morgan fingerprint density at radius 2 is 1.76 bits per heavy atom.